The van der Waals surface area contributed by atoms with Crippen LogP contribution in [0.25, 0.3) is 11.1 Å². The number of hydrogen-bond donors (Lipinski definition) is 1. The molecule has 0 aliphatic carbocycles. The molecular formula is C17H16IN3. The molecule has 2 aromatic carbocycles. The Balaban J connectivity index is 1.83. The van der Waals surface area contributed by atoms with Crippen molar-refractivity contribution in [1.82, 2.24) is 9.78 Å². The molecular weight excluding hydrogens is 373 g/mol. The topological polar surface area (TPSA) is 43.8 Å². The summed E-state index contributed by atoms with van der Waals surface area (Å²) in [5, 5.41) is 4.47. The first-order valence-electron chi connectivity index (χ1n) is 6.78. The second kappa shape index (κ2) is 5.89. The normalized spacial score (nSPS) is 10.8. The van der Waals surface area contributed by atoms with Gasteiger partial charge in [0.05, 0.1) is 15.8 Å². The number of rotatable bonds is 3. The number of nitrogens with zero attached hydrogens (tertiary/aromatic N) is 2. The summed E-state index contributed by atoms with van der Waals surface area (Å²) in [5.74, 6) is 0.736. The minimum atomic E-state index is 0.699. The molecule has 4 heteroatoms. The van der Waals surface area contributed by atoms with Gasteiger partial charge in [-0.1, -0.05) is 54.6 Å². The Morgan fingerprint density at radius 1 is 1.00 bits per heavy atom. The van der Waals surface area contributed by atoms with Crippen molar-refractivity contribution in [2.24, 2.45) is 0 Å². The molecule has 21 heavy (non-hydrogen) atoms. The van der Waals surface area contributed by atoms with E-state index in [4.69, 9.17) is 5.73 Å². The molecule has 0 bridgehead atoms. The van der Waals surface area contributed by atoms with Gasteiger partial charge in [-0.25, -0.2) is 4.68 Å². The number of aryl methyl sites for hydroxylation is 1. The van der Waals surface area contributed by atoms with Crippen molar-refractivity contribution in [2.75, 3.05) is 5.73 Å². The number of nitrogen functional groups attached to an aromatic ring is 1. The Kier molecular flexibility index (Phi) is 3.96. The summed E-state index contributed by atoms with van der Waals surface area (Å²) in [7, 11) is 0. The Labute approximate surface area is 137 Å². The maximum absolute atomic E-state index is 6.07. The average molecular weight is 389 g/mol. The van der Waals surface area contributed by atoms with Crippen molar-refractivity contribution in [1.29, 1.82) is 0 Å². The van der Waals surface area contributed by atoms with Gasteiger partial charge in [-0.2, -0.15) is 5.10 Å². The number of aromatic nitrogens is 2. The van der Waals surface area contributed by atoms with Crippen molar-refractivity contribution in [3.8, 4) is 11.1 Å². The molecule has 0 saturated carbocycles. The smallest absolute Gasteiger partial charge is 0.135 e. The second-order valence-corrected chi connectivity index (χ2v) is 6.08. The lowest BCUT2D eigenvalue weighted by molar-refractivity contribution is 0.689. The molecule has 3 aromatic rings. The maximum Gasteiger partial charge on any atom is 0.135 e. The van der Waals surface area contributed by atoms with Crippen LogP contribution in [-0.4, -0.2) is 9.78 Å². The fourth-order valence-corrected chi connectivity index (χ4v) is 2.69. The molecule has 1 aromatic heterocycles. The largest absolute Gasteiger partial charge is 0.383 e. The Bertz CT molecular complexity index is 746. The van der Waals surface area contributed by atoms with Gasteiger partial charge in [-0.05, 0) is 46.2 Å². The SMILES string of the molecule is Cc1nn(Cc2ccc(-c3ccccc3)cc2)c(N)c1I. The van der Waals surface area contributed by atoms with E-state index in [0.717, 1.165) is 15.1 Å². The molecule has 2 N–H and O–H groups in total. The van der Waals surface area contributed by atoms with Gasteiger partial charge in [0.15, 0.2) is 0 Å². The van der Waals surface area contributed by atoms with Crippen LogP contribution in [-0.2, 0) is 6.54 Å². The highest BCUT2D eigenvalue weighted by Crippen LogP contribution is 2.22. The van der Waals surface area contributed by atoms with Gasteiger partial charge >= 0.3 is 0 Å². The summed E-state index contributed by atoms with van der Waals surface area (Å²) in [5.41, 5.74) is 10.7. The molecule has 0 unspecified atom stereocenters. The minimum Gasteiger partial charge on any atom is -0.383 e. The van der Waals surface area contributed by atoms with Gasteiger partial charge in [0.25, 0.3) is 0 Å². The fourth-order valence-electron chi connectivity index (χ4n) is 2.30. The Hall–Kier alpha value is -1.82. The molecule has 0 amide bonds. The third-order valence-electron chi connectivity index (χ3n) is 3.48. The van der Waals surface area contributed by atoms with Crippen LogP contribution in [0.3, 0.4) is 0 Å². The summed E-state index contributed by atoms with van der Waals surface area (Å²) in [6.45, 7) is 2.68. The van der Waals surface area contributed by atoms with E-state index in [-0.39, 0.29) is 0 Å². The zero-order valence-corrected chi connectivity index (χ0v) is 13.9. The summed E-state index contributed by atoms with van der Waals surface area (Å²) in [4.78, 5) is 0. The van der Waals surface area contributed by atoms with Crippen LogP contribution in [0.2, 0.25) is 0 Å². The van der Waals surface area contributed by atoms with Crippen molar-refractivity contribution >= 4 is 28.4 Å². The van der Waals surface area contributed by atoms with Crippen molar-refractivity contribution < 1.29 is 0 Å². The Morgan fingerprint density at radius 3 is 2.19 bits per heavy atom. The van der Waals surface area contributed by atoms with E-state index in [1.165, 1.54) is 16.7 Å². The lowest BCUT2D eigenvalue weighted by atomic mass is 10.0. The number of nitrogens with two attached hydrogens (primary N) is 1. The first-order valence-corrected chi connectivity index (χ1v) is 7.86. The number of halogens is 1. The number of anilines is 1. The summed E-state index contributed by atoms with van der Waals surface area (Å²) in [6.07, 6.45) is 0. The highest BCUT2D eigenvalue weighted by molar-refractivity contribution is 14.1. The number of hydrogen-bond acceptors (Lipinski definition) is 2. The molecule has 0 atom stereocenters. The van der Waals surface area contributed by atoms with Crippen LogP contribution in [0.15, 0.2) is 54.6 Å². The van der Waals surface area contributed by atoms with Crippen LogP contribution in [0.5, 0.6) is 0 Å². The second-order valence-electron chi connectivity index (χ2n) is 5.01. The van der Waals surface area contributed by atoms with Crippen molar-refractivity contribution in [3.63, 3.8) is 0 Å². The van der Waals surface area contributed by atoms with Gasteiger partial charge in [-0.3, -0.25) is 0 Å². The van der Waals surface area contributed by atoms with Crippen molar-refractivity contribution in [2.45, 2.75) is 13.5 Å². The summed E-state index contributed by atoms with van der Waals surface area (Å²) in [6, 6.07) is 18.9. The van der Waals surface area contributed by atoms with Crippen LogP contribution in [0, 0.1) is 10.5 Å². The molecule has 106 valence electrons. The zero-order valence-electron chi connectivity index (χ0n) is 11.8. The fraction of sp³-hybridized carbons (Fsp3) is 0.118. The van der Waals surface area contributed by atoms with Gasteiger partial charge in [-0.15, -0.1) is 0 Å². The van der Waals surface area contributed by atoms with Gasteiger partial charge in [0.2, 0.25) is 0 Å². The van der Waals surface area contributed by atoms with Crippen LogP contribution < -0.4 is 5.73 Å². The van der Waals surface area contributed by atoms with Crippen LogP contribution in [0.4, 0.5) is 5.82 Å². The first-order chi connectivity index (χ1) is 10.1. The van der Waals surface area contributed by atoms with E-state index in [1.807, 2.05) is 17.7 Å². The van der Waals surface area contributed by atoms with E-state index >= 15 is 0 Å². The lowest BCUT2D eigenvalue weighted by Crippen LogP contribution is -2.06. The molecule has 0 radical (unpaired) electrons. The van der Waals surface area contributed by atoms with Crippen LogP contribution in [0.1, 0.15) is 11.3 Å². The predicted molar refractivity (Wildman–Crippen MR) is 95.1 cm³/mol. The molecule has 0 aliphatic rings. The molecule has 0 spiro atoms. The van der Waals surface area contributed by atoms with Gasteiger partial charge < -0.3 is 5.73 Å². The molecule has 0 fully saturated rings. The van der Waals surface area contributed by atoms with Crippen molar-refractivity contribution in [3.05, 3.63) is 69.4 Å². The minimum absolute atomic E-state index is 0.699. The van der Waals surface area contributed by atoms with E-state index in [9.17, 15) is 0 Å². The highest BCUT2D eigenvalue weighted by Gasteiger charge is 2.09. The molecule has 1 heterocycles. The standard InChI is InChI=1S/C17H16IN3/c1-12-16(18)17(19)21(20-12)11-13-7-9-15(10-8-13)14-5-3-2-4-6-14/h2-10H,11,19H2,1H3. The summed E-state index contributed by atoms with van der Waals surface area (Å²) < 4.78 is 2.89. The number of benzene rings is 2. The quantitative estimate of drug-likeness (QED) is 0.686. The monoisotopic (exact) mass is 389 g/mol. The summed E-state index contributed by atoms with van der Waals surface area (Å²) >= 11 is 2.24. The molecule has 3 rings (SSSR count). The highest BCUT2D eigenvalue weighted by atomic mass is 127. The molecule has 0 aliphatic heterocycles. The maximum atomic E-state index is 6.07. The molecule has 0 saturated heterocycles. The van der Waals surface area contributed by atoms with E-state index in [0.29, 0.717) is 6.54 Å². The lowest BCUT2D eigenvalue weighted by Gasteiger charge is -2.06. The third-order valence-corrected chi connectivity index (χ3v) is 4.82. The van der Waals surface area contributed by atoms with E-state index in [2.05, 4.69) is 76.2 Å². The van der Waals surface area contributed by atoms with Gasteiger partial charge in [0, 0.05) is 0 Å². The van der Waals surface area contributed by atoms with Gasteiger partial charge in [0.1, 0.15) is 5.82 Å². The Morgan fingerprint density at radius 2 is 1.62 bits per heavy atom. The van der Waals surface area contributed by atoms with E-state index in [1.54, 1.807) is 0 Å². The van der Waals surface area contributed by atoms with E-state index < -0.39 is 0 Å². The first kappa shape index (κ1) is 14.1. The average Bonchev–Trinajstić information content (AvgIpc) is 2.76. The molecule has 3 nitrogen and oxygen atoms in total. The predicted octanol–water partition coefficient (Wildman–Crippen LogP) is 4.09. The third kappa shape index (κ3) is 2.95. The van der Waals surface area contributed by atoms with Crippen LogP contribution >= 0.6 is 22.6 Å². The zero-order chi connectivity index (χ0) is 14.8.